The van der Waals surface area contributed by atoms with E-state index in [1.807, 2.05) is 12.1 Å². The summed E-state index contributed by atoms with van der Waals surface area (Å²) < 4.78 is 44.4. The van der Waals surface area contributed by atoms with Gasteiger partial charge in [0.25, 0.3) is 5.91 Å². The van der Waals surface area contributed by atoms with Gasteiger partial charge in [0.05, 0.1) is 16.7 Å². The van der Waals surface area contributed by atoms with Gasteiger partial charge in [-0.1, -0.05) is 11.6 Å². The second-order valence-electron chi connectivity index (χ2n) is 7.86. The fourth-order valence-corrected chi connectivity index (χ4v) is 4.28. The highest BCUT2D eigenvalue weighted by atomic mass is 35.5. The number of alkyl halides is 3. The third-order valence-corrected chi connectivity index (χ3v) is 6.00. The summed E-state index contributed by atoms with van der Waals surface area (Å²) >= 11 is 6.04. The van der Waals surface area contributed by atoms with Gasteiger partial charge >= 0.3 is 6.18 Å². The van der Waals surface area contributed by atoms with Crippen molar-refractivity contribution < 1.29 is 22.7 Å². The van der Waals surface area contributed by atoms with E-state index in [-0.39, 0.29) is 17.0 Å². The SMILES string of the molecule is O=C(c1ccc(OC2CCCC2)cc1)N1CCN(c2ncc(C(F)(F)F)cc2Cl)CC1. The maximum atomic E-state index is 12.8. The molecule has 2 aromatic rings. The predicted octanol–water partition coefficient (Wildman–Crippen LogP) is 5.04. The molecule has 0 N–H and O–H groups in total. The highest BCUT2D eigenvalue weighted by molar-refractivity contribution is 6.33. The maximum Gasteiger partial charge on any atom is 0.417 e. The smallest absolute Gasteiger partial charge is 0.417 e. The Kier molecular flexibility index (Phi) is 6.27. The number of carbonyl (C=O) groups excluding carboxylic acids is 1. The molecule has 1 aromatic carbocycles. The molecular weight excluding hydrogens is 431 g/mol. The minimum absolute atomic E-state index is 0.0487. The fourth-order valence-electron chi connectivity index (χ4n) is 4.00. The number of hydrogen-bond donors (Lipinski definition) is 0. The number of anilines is 1. The molecule has 2 fully saturated rings. The molecule has 4 rings (SSSR count). The van der Waals surface area contributed by atoms with Crippen LogP contribution >= 0.6 is 11.6 Å². The Bertz CT molecular complexity index is 923. The first-order valence-electron chi connectivity index (χ1n) is 10.3. The van der Waals surface area contributed by atoms with E-state index in [0.29, 0.717) is 37.6 Å². The number of nitrogens with zero attached hydrogens (tertiary/aromatic N) is 3. The average molecular weight is 454 g/mol. The van der Waals surface area contributed by atoms with Crippen molar-refractivity contribution in [2.75, 3.05) is 31.1 Å². The first kappa shape index (κ1) is 21.7. The van der Waals surface area contributed by atoms with E-state index in [2.05, 4.69) is 4.98 Å². The van der Waals surface area contributed by atoms with Crippen LogP contribution in [0.5, 0.6) is 5.75 Å². The molecule has 0 bridgehead atoms. The van der Waals surface area contributed by atoms with Crippen LogP contribution in [0.2, 0.25) is 5.02 Å². The molecule has 166 valence electrons. The minimum Gasteiger partial charge on any atom is -0.490 e. The summed E-state index contributed by atoms with van der Waals surface area (Å²) in [6, 6.07) is 8.08. The van der Waals surface area contributed by atoms with E-state index in [0.717, 1.165) is 30.9 Å². The molecule has 1 aliphatic heterocycles. The van der Waals surface area contributed by atoms with Crippen molar-refractivity contribution in [3.05, 3.63) is 52.7 Å². The first-order valence-corrected chi connectivity index (χ1v) is 10.7. The molecule has 1 aromatic heterocycles. The molecule has 5 nitrogen and oxygen atoms in total. The third-order valence-electron chi connectivity index (χ3n) is 5.72. The van der Waals surface area contributed by atoms with Gasteiger partial charge in [0.1, 0.15) is 11.6 Å². The fraction of sp³-hybridized carbons (Fsp3) is 0.455. The second kappa shape index (κ2) is 8.94. The average Bonchev–Trinajstić information content (AvgIpc) is 3.26. The first-order chi connectivity index (χ1) is 14.8. The van der Waals surface area contributed by atoms with Crippen LogP contribution in [0.25, 0.3) is 0 Å². The van der Waals surface area contributed by atoms with Crippen LogP contribution in [0, 0.1) is 0 Å². The summed E-state index contributed by atoms with van der Waals surface area (Å²) in [4.78, 5) is 20.2. The van der Waals surface area contributed by atoms with E-state index in [9.17, 15) is 18.0 Å². The Morgan fingerprint density at radius 1 is 1.06 bits per heavy atom. The molecule has 0 atom stereocenters. The molecule has 0 radical (unpaired) electrons. The number of pyridine rings is 1. The second-order valence-corrected chi connectivity index (χ2v) is 8.26. The zero-order valence-electron chi connectivity index (χ0n) is 16.9. The van der Waals surface area contributed by atoms with Crippen molar-refractivity contribution in [3.63, 3.8) is 0 Å². The van der Waals surface area contributed by atoms with Crippen LogP contribution in [0.15, 0.2) is 36.5 Å². The molecule has 1 saturated heterocycles. The Hall–Kier alpha value is -2.48. The van der Waals surface area contributed by atoms with Gasteiger partial charge in [0.15, 0.2) is 0 Å². The number of hydrogen-bond acceptors (Lipinski definition) is 4. The van der Waals surface area contributed by atoms with E-state index in [1.165, 1.54) is 12.8 Å². The van der Waals surface area contributed by atoms with Crippen LogP contribution in [-0.2, 0) is 6.18 Å². The number of benzene rings is 1. The predicted molar refractivity (Wildman–Crippen MR) is 112 cm³/mol. The summed E-state index contributed by atoms with van der Waals surface area (Å²) in [5.74, 6) is 0.991. The molecular formula is C22H23ClF3N3O2. The molecule has 1 saturated carbocycles. The maximum absolute atomic E-state index is 12.8. The number of ether oxygens (including phenoxy) is 1. The third kappa shape index (κ3) is 5.06. The van der Waals surface area contributed by atoms with Crippen molar-refractivity contribution in [2.24, 2.45) is 0 Å². The van der Waals surface area contributed by atoms with E-state index < -0.39 is 11.7 Å². The summed E-state index contributed by atoms with van der Waals surface area (Å²) in [6.07, 6.45) is 1.10. The normalized spacial score (nSPS) is 17.8. The largest absolute Gasteiger partial charge is 0.490 e. The van der Waals surface area contributed by atoms with E-state index in [4.69, 9.17) is 16.3 Å². The van der Waals surface area contributed by atoms with Gasteiger partial charge in [-0.25, -0.2) is 4.98 Å². The highest BCUT2D eigenvalue weighted by Gasteiger charge is 2.32. The van der Waals surface area contributed by atoms with Gasteiger partial charge in [0, 0.05) is 37.9 Å². The van der Waals surface area contributed by atoms with Crippen molar-refractivity contribution in [1.29, 1.82) is 0 Å². The number of rotatable bonds is 4. The topological polar surface area (TPSA) is 45.7 Å². The zero-order valence-corrected chi connectivity index (χ0v) is 17.6. The summed E-state index contributed by atoms with van der Waals surface area (Å²) in [5.41, 5.74) is -0.298. The van der Waals surface area contributed by atoms with E-state index >= 15 is 0 Å². The number of piperazine rings is 1. The van der Waals surface area contributed by atoms with Crippen molar-refractivity contribution in [3.8, 4) is 5.75 Å². The lowest BCUT2D eigenvalue weighted by atomic mass is 10.1. The Morgan fingerprint density at radius 2 is 1.71 bits per heavy atom. The summed E-state index contributed by atoms with van der Waals surface area (Å²) in [5, 5.41) is -0.0487. The van der Waals surface area contributed by atoms with Crippen LogP contribution in [0.3, 0.4) is 0 Å². The number of carbonyl (C=O) groups is 1. The van der Waals surface area contributed by atoms with Gasteiger partial charge in [-0.3, -0.25) is 4.79 Å². The lowest BCUT2D eigenvalue weighted by Gasteiger charge is -2.35. The highest BCUT2D eigenvalue weighted by Crippen LogP contribution is 2.34. The van der Waals surface area contributed by atoms with Crippen LogP contribution in [0.1, 0.15) is 41.6 Å². The van der Waals surface area contributed by atoms with Crippen molar-refractivity contribution >= 4 is 23.3 Å². The monoisotopic (exact) mass is 453 g/mol. The van der Waals surface area contributed by atoms with Crippen LogP contribution in [0.4, 0.5) is 19.0 Å². The lowest BCUT2D eigenvalue weighted by molar-refractivity contribution is -0.137. The van der Waals surface area contributed by atoms with Gasteiger partial charge in [-0.2, -0.15) is 13.2 Å². The molecule has 9 heteroatoms. The van der Waals surface area contributed by atoms with Gasteiger partial charge in [-0.05, 0) is 56.0 Å². The van der Waals surface area contributed by atoms with Gasteiger partial charge in [-0.15, -0.1) is 0 Å². The van der Waals surface area contributed by atoms with Gasteiger partial charge < -0.3 is 14.5 Å². The molecule has 2 aliphatic rings. The molecule has 0 unspecified atom stereocenters. The van der Waals surface area contributed by atoms with Crippen LogP contribution < -0.4 is 9.64 Å². The van der Waals surface area contributed by atoms with Crippen LogP contribution in [-0.4, -0.2) is 48.1 Å². The van der Waals surface area contributed by atoms with Crippen molar-refractivity contribution in [1.82, 2.24) is 9.88 Å². The Labute approximate surface area is 183 Å². The van der Waals surface area contributed by atoms with Crippen molar-refractivity contribution in [2.45, 2.75) is 38.0 Å². The minimum atomic E-state index is -4.49. The number of aromatic nitrogens is 1. The standard InChI is InChI=1S/C22H23ClF3N3O2/c23-19-13-16(22(24,25)26)14-27-20(19)28-9-11-29(12-10-28)21(30)15-5-7-18(8-6-15)31-17-3-1-2-4-17/h5-8,13-14,17H,1-4,9-12H2. The van der Waals surface area contributed by atoms with E-state index in [1.54, 1.807) is 21.9 Å². The summed E-state index contributed by atoms with van der Waals surface area (Å²) in [6.45, 7) is 1.73. The molecule has 31 heavy (non-hydrogen) atoms. The zero-order chi connectivity index (χ0) is 22.0. The molecule has 1 amide bonds. The molecule has 2 heterocycles. The molecule has 0 spiro atoms. The molecule has 1 aliphatic carbocycles. The number of halogens is 4. The lowest BCUT2D eigenvalue weighted by Crippen LogP contribution is -2.49. The number of amides is 1. The Morgan fingerprint density at radius 3 is 2.29 bits per heavy atom. The Balaban J connectivity index is 1.34. The quantitative estimate of drug-likeness (QED) is 0.650. The summed E-state index contributed by atoms with van der Waals surface area (Å²) in [7, 11) is 0. The van der Waals surface area contributed by atoms with Gasteiger partial charge in [0.2, 0.25) is 0 Å².